The van der Waals surface area contributed by atoms with Gasteiger partial charge in [0.1, 0.15) is 11.4 Å². The molecule has 0 saturated heterocycles. The molecule has 4 rings (SSSR count). The lowest BCUT2D eigenvalue weighted by molar-refractivity contribution is 0.0858. The molecule has 6 nitrogen and oxygen atoms in total. The van der Waals surface area contributed by atoms with Crippen LogP contribution in [0.4, 0.5) is 0 Å². The Bertz CT molecular complexity index is 882. The van der Waals surface area contributed by atoms with Gasteiger partial charge in [-0.15, -0.1) is 0 Å². The molecular weight excluding hydrogens is 304 g/mol. The van der Waals surface area contributed by atoms with Gasteiger partial charge in [-0.1, -0.05) is 24.3 Å². The second-order valence-electron chi connectivity index (χ2n) is 6.02. The summed E-state index contributed by atoms with van der Waals surface area (Å²) in [7, 11) is 1.80. The first-order valence-electron chi connectivity index (χ1n) is 7.87. The van der Waals surface area contributed by atoms with Crippen LogP contribution < -0.4 is 5.32 Å². The summed E-state index contributed by atoms with van der Waals surface area (Å²) in [5.41, 5.74) is 2.53. The van der Waals surface area contributed by atoms with Crippen molar-refractivity contribution in [3.8, 4) is 5.82 Å². The minimum absolute atomic E-state index is 0.243. The van der Waals surface area contributed by atoms with E-state index in [2.05, 4.69) is 10.4 Å². The van der Waals surface area contributed by atoms with E-state index in [0.29, 0.717) is 17.8 Å². The number of carbonyl (C=O) groups excluding carboxylic acids is 1. The third-order valence-electron chi connectivity index (χ3n) is 4.49. The predicted molar refractivity (Wildman–Crippen MR) is 88.9 cm³/mol. The number of hydrogen-bond donors (Lipinski definition) is 2. The Kier molecular flexibility index (Phi) is 3.46. The molecule has 1 amide bonds. The molecular formula is C18H18N4O2. The van der Waals surface area contributed by atoms with Crippen molar-refractivity contribution in [2.45, 2.75) is 18.6 Å². The van der Waals surface area contributed by atoms with E-state index in [4.69, 9.17) is 0 Å². The van der Waals surface area contributed by atoms with Crippen LogP contribution in [0.15, 0.2) is 55.0 Å². The topological polar surface area (TPSA) is 72.1 Å². The van der Waals surface area contributed by atoms with Crippen LogP contribution in [0, 0.1) is 0 Å². The molecule has 2 atom stereocenters. The highest BCUT2D eigenvalue weighted by molar-refractivity contribution is 5.97. The molecule has 0 aliphatic heterocycles. The summed E-state index contributed by atoms with van der Waals surface area (Å²) < 4.78 is 3.51. The molecule has 0 radical (unpaired) electrons. The maximum atomic E-state index is 12.8. The fourth-order valence-corrected chi connectivity index (χ4v) is 3.34. The Balaban J connectivity index is 1.65. The molecule has 0 spiro atoms. The number of nitrogens with one attached hydrogen (secondary N) is 1. The van der Waals surface area contributed by atoms with Gasteiger partial charge in [-0.2, -0.15) is 5.10 Å². The van der Waals surface area contributed by atoms with Crippen molar-refractivity contribution in [2.75, 3.05) is 0 Å². The average molecular weight is 322 g/mol. The number of nitrogens with zero attached hydrogens (tertiary/aromatic N) is 3. The van der Waals surface area contributed by atoms with Gasteiger partial charge in [-0.3, -0.25) is 9.48 Å². The van der Waals surface area contributed by atoms with Crippen LogP contribution in [0.25, 0.3) is 5.82 Å². The quantitative estimate of drug-likeness (QED) is 0.769. The van der Waals surface area contributed by atoms with E-state index in [9.17, 15) is 9.90 Å². The predicted octanol–water partition coefficient (Wildman–Crippen LogP) is 1.60. The normalized spacial score (nSPS) is 19.2. The first-order chi connectivity index (χ1) is 11.6. The Morgan fingerprint density at radius 2 is 2.00 bits per heavy atom. The molecule has 6 heteroatoms. The zero-order valence-corrected chi connectivity index (χ0v) is 13.3. The summed E-state index contributed by atoms with van der Waals surface area (Å²) >= 11 is 0. The van der Waals surface area contributed by atoms with Crippen molar-refractivity contribution in [3.63, 3.8) is 0 Å². The van der Waals surface area contributed by atoms with Crippen molar-refractivity contribution in [3.05, 3.63) is 71.7 Å². The molecule has 122 valence electrons. The average Bonchev–Trinajstić information content (AvgIpc) is 3.27. The van der Waals surface area contributed by atoms with E-state index < -0.39 is 12.1 Å². The Labute approximate surface area is 139 Å². The zero-order chi connectivity index (χ0) is 16.7. The summed E-state index contributed by atoms with van der Waals surface area (Å²) in [4.78, 5) is 12.8. The zero-order valence-electron chi connectivity index (χ0n) is 13.3. The van der Waals surface area contributed by atoms with E-state index in [1.807, 2.05) is 53.4 Å². The molecule has 1 aliphatic rings. The maximum Gasteiger partial charge on any atom is 0.257 e. The van der Waals surface area contributed by atoms with Gasteiger partial charge in [0.2, 0.25) is 0 Å². The van der Waals surface area contributed by atoms with Gasteiger partial charge < -0.3 is 15.0 Å². The fraction of sp³-hybridized carbons (Fsp3) is 0.222. The van der Waals surface area contributed by atoms with Crippen molar-refractivity contribution in [1.82, 2.24) is 19.7 Å². The first-order valence-corrected chi connectivity index (χ1v) is 7.87. The molecule has 2 N–H and O–H groups in total. The summed E-state index contributed by atoms with van der Waals surface area (Å²) in [6.07, 6.45) is 5.23. The summed E-state index contributed by atoms with van der Waals surface area (Å²) in [5.74, 6) is 0.450. The van der Waals surface area contributed by atoms with Crippen LogP contribution in [0.1, 0.15) is 27.5 Å². The Morgan fingerprint density at radius 1 is 1.25 bits per heavy atom. The lowest BCUT2D eigenvalue weighted by Crippen LogP contribution is -2.34. The van der Waals surface area contributed by atoms with Gasteiger partial charge in [-0.05, 0) is 23.3 Å². The number of aryl methyl sites for hydroxylation is 1. The summed E-state index contributed by atoms with van der Waals surface area (Å²) in [5, 5.41) is 17.5. The van der Waals surface area contributed by atoms with Crippen LogP contribution in [0.5, 0.6) is 0 Å². The summed E-state index contributed by atoms with van der Waals surface area (Å²) in [6, 6.07) is 11.2. The second-order valence-corrected chi connectivity index (χ2v) is 6.02. The smallest absolute Gasteiger partial charge is 0.257 e. The number of hydrogen-bond acceptors (Lipinski definition) is 3. The van der Waals surface area contributed by atoms with Crippen LogP contribution in [0.2, 0.25) is 0 Å². The lowest BCUT2D eigenvalue weighted by atomic mass is 10.1. The number of rotatable bonds is 3. The van der Waals surface area contributed by atoms with Crippen LogP contribution in [0.3, 0.4) is 0 Å². The Hall–Kier alpha value is -2.86. The SMILES string of the molecule is Cn1ncc(C(=O)N[C@@H]2c3ccccc3C[C@@H]2O)c1-n1cccc1. The molecule has 0 fully saturated rings. The third-order valence-corrected chi connectivity index (χ3v) is 4.49. The minimum Gasteiger partial charge on any atom is -0.390 e. The Morgan fingerprint density at radius 3 is 2.79 bits per heavy atom. The molecule has 2 heterocycles. The number of amides is 1. The summed E-state index contributed by atoms with van der Waals surface area (Å²) in [6.45, 7) is 0. The van der Waals surface area contributed by atoms with Crippen molar-refractivity contribution in [2.24, 2.45) is 7.05 Å². The monoisotopic (exact) mass is 322 g/mol. The number of carbonyl (C=O) groups is 1. The van der Waals surface area contributed by atoms with Gasteiger partial charge in [0.05, 0.1) is 18.3 Å². The van der Waals surface area contributed by atoms with Gasteiger partial charge in [0, 0.05) is 25.9 Å². The molecule has 2 aromatic heterocycles. The molecule has 1 aliphatic carbocycles. The minimum atomic E-state index is -0.613. The molecule has 1 aromatic carbocycles. The largest absolute Gasteiger partial charge is 0.390 e. The number of aliphatic hydroxyl groups is 1. The van der Waals surface area contributed by atoms with E-state index in [1.165, 1.54) is 0 Å². The standard InChI is InChI=1S/C18H18N4O2/c1-21-18(22-8-4-5-9-22)14(11-19-21)17(24)20-16-13-7-3-2-6-12(13)10-15(16)23/h2-9,11,15-16,23H,10H2,1H3,(H,20,24)/t15-,16+/m0/s1. The van der Waals surface area contributed by atoms with Crippen LogP contribution in [-0.4, -0.2) is 31.5 Å². The van der Waals surface area contributed by atoms with E-state index in [0.717, 1.165) is 11.1 Å². The van der Waals surface area contributed by atoms with E-state index in [1.54, 1.807) is 17.9 Å². The third kappa shape index (κ3) is 2.32. The number of benzene rings is 1. The first kappa shape index (κ1) is 14.7. The molecule has 0 unspecified atom stereocenters. The number of aliphatic hydroxyl groups excluding tert-OH is 1. The van der Waals surface area contributed by atoms with Gasteiger partial charge >= 0.3 is 0 Å². The van der Waals surface area contributed by atoms with Gasteiger partial charge in [-0.25, -0.2) is 0 Å². The molecule has 0 bridgehead atoms. The van der Waals surface area contributed by atoms with E-state index in [-0.39, 0.29) is 5.91 Å². The highest BCUT2D eigenvalue weighted by atomic mass is 16.3. The molecule has 3 aromatic rings. The van der Waals surface area contributed by atoms with Crippen LogP contribution in [-0.2, 0) is 13.5 Å². The molecule has 24 heavy (non-hydrogen) atoms. The maximum absolute atomic E-state index is 12.8. The van der Waals surface area contributed by atoms with Gasteiger partial charge in [0.15, 0.2) is 0 Å². The van der Waals surface area contributed by atoms with Crippen molar-refractivity contribution >= 4 is 5.91 Å². The van der Waals surface area contributed by atoms with Crippen molar-refractivity contribution < 1.29 is 9.90 Å². The second kappa shape index (κ2) is 5.65. The highest BCUT2D eigenvalue weighted by Crippen LogP contribution is 2.31. The van der Waals surface area contributed by atoms with Crippen LogP contribution >= 0.6 is 0 Å². The van der Waals surface area contributed by atoms with E-state index >= 15 is 0 Å². The van der Waals surface area contributed by atoms with Crippen molar-refractivity contribution in [1.29, 1.82) is 0 Å². The highest BCUT2D eigenvalue weighted by Gasteiger charge is 2.33. The lowest BCUT2D eigenvalue weighted by Gasteiger charge is -2.18. The molecule has 0 saturated carbocycles. The number of aromatic nitrogens is 3. The fourth-order valence-electron chi connectivity index (χ4n) is 3.34. The number of fused-ring (bicyclic) bond motifs is 1. The van der Waals surface area contributed by atoms with Gasteiger partial charge in [0.25, 0.3) is 5.91 Å².